The van der Waals surface area contributed by atoms with E-state index in [0.717, 1.165) is 79.9 Å². The van der Waals surface area contributed by atoms with Crippen LogP contribution in [0.1, 0.15) is 196 Å². The number of amides is 1. The van der Waals surface area contributed by atoms with Gasteiger partial charge >= 0.3 is 12.1 Å². The van der Waals surface area contributed by atoms with E-state index in [0.29, 0.717) is 5.56 Å². The molecule has 11 nitrogen and oxygen atoms in total. The minimum atomic E-state index is -5.26. The number of nitrogens with two attached hydrogens (primary N) is 2. The predicted octanol–water partition coefficient (Wildman–Crippen LogP) is 12.9. The minimum Gasteiger partial charge on any atom is -0.388 e. The molecule has 3 aromatic carbocycles. The zero-order valence-electron chi connectivity index (χ0n) is 44.5. The third kappa shape index (κ3) is 26.7. The molecule has 3 fully saturated rings. The third-order valence-corrected chi connectivity index (χ3v) is 17.4. The Morgan fingerprint density at radius 1 is 0.603 bits per heavy atom. The normalized spacial score (nSPS) is 18.4. The molecule has 3 unspecified atom stereocenters. The topological polar surface area (TPSA) is 210 Å². The van der Waals surface area contributed by atoms with E-state index in [1.54, 1.807) is 12.1 Å². The second kappa shape index (κ2) is 37.9. The zero-order chi connectivity index (χ0) is 54.3. The number of hydrogen-bond donors (Lipinski definition) is 6. The number of alkyl halides is 3. The largest absolute Gasteiger partial charge is 0.471 e. The molecule has 1 amide bonds. The van der Waals surface area contributed by atoms with Gasteiger partial charge in [-0.15, -0.1) is 24.2 Å². The van der Waals surface area contributed by atoms with E-state index in [9.17, 15) is 50.1 Å². The van der Waals surface area contributed by atoms with Gasteiger partial charge in [0.2, 0.25) is 0 Å². The fourth-order valence-corrected chi connectivity index (χ4v) is 13.3. The summed E-state index contributed by atoms with van der Waals surface area (Å²) in [7, 11) is -7.02. The van der Waals surface area contributed by atoms with Crippen LogP contribution in [0.2, 0.25) is 0 Å². The highest BCUT2D eigenvalue weighted by Crippen LogP contribution is 2.33. The molecule has 0 spiro atoms. The van der Waals surface area contributed by atoms with Crippen LogP contribution in [0.3, 0.4) is 0 Å². The number of carbonyl (C=O) groups excluding carboxylic acids is 1. The molecule has 3 aromatic rings. The lowest BCUT2D eigenvalue weighted by Crippen LogP contribution is -2.37. The number of thioether (sulfide) groups is 1. The Hall–Kier alpha value is -2.74. The van der Waals surface area contributed by atoms with Crippen molar-refractivity contribution in [3.63, 3.8) is 0 Å². The number of benzene rings is 3. The summed E-state index contributed by atoms with van der Waals surface area (Å²) < 4.78 is 132. The Morgan fingerprint density at radius 3 is 1.34 bits per heavy atom. The fraction of sp³-hybridized carbons (Fsp3) is 0.655. The second-order valence-corrected chi connectivity index (χ2v) is 23.0. The molecule has 3 atom stereocenters. The molecule has 0 heterocycles. The maximum atomic E-state index is 12.7. The van der Waals surface area contributed by atoms with Gasteiger partial charge in [-0.2, -0.15) is 13.2 Å². The van der Waals surface area contributed by atoms with E-state index in [2.05, 4.69) is 6.07 Å². The van der Waals surface area contributed by atoms with Crippen molar-refractivity contribution in [2.75, 3.05) is 36.7 Å². The van der Waals surface area contributed by atoms with Gasteiger partial charge in [-0.05, 0) is 142 Å². The summed E-state index contributed by atoms with van der Waals surface area (Å²) in [6, 6.07) is 19.2. The lowest BCUT2D eigenvalue weighted by atomic mass is 9.91. The van der Waals surface area contributed by atoms with E-state index < -0.39 is 76.0 Å². The quantitative estimate of drug-likeness (QED) is 0.0622. The van der Waals surface area contributed by atoms with Gasteiger partial charge in [-0.1, -0.05) is 131 Å². The molecule has 424 valence electrons. The molecule has 3 aliphatic rings. The first-order chi connectivity index (χ1) is 33.9. The van der Waals surface area contributed by atoms with Crippen LogP contribution in [0.25, 0.3) is 0 Å². The summed E-state index contributed by atoms with van der Waals surface area (Å²) in [4.78, 5) is 12.2. The second-order valence-electron chi connectivity index (χ2n) is 17.8. The average Bonchev–Trinajstić information content (AvgIpc) is 3.30. The summed E-state index contributed by atoms with van der Waals surface area (Å²) in [5.41, 5.74) is 11.8. The molecule has 0 aromatic heterocycles. The summed E-state index contributed by atoms with van der Waals surface area (Å²) >= 11 is 1.84. The van der Waals surface area contributed by atoms with Crippen LogP contribution in [0, 0.1) is 17.8 Å². The van der Waals surface area contributed by atoms with Crippen molar-refractivity contribution in [1.82, 2.24) is 5.32 Å². The number of nitrogens with one attached hydrogen (secondary N) is 1. The van der Waals surface area contributed by atoms with Crippen LogP contribution in [0.5, 0.6) is 0 Å². The van der Waals surface area contributed by atoms with Gasteiger partial charge in [-0.3, -0.25) is 4.79 Å². The molecular formula is C55H95ClF3N3O8S3. The Labute approximate surface area is 458 Å². The molecule has 3 saturated carbocycles. The van der Waals surface area contributed by atoms with Crippen LogP contribution in [-0.2, 0) is 24.5 Å². The van der Waals surface area contributed by atoms with Gasteiger partial charge in [0.1, 0.15) is 0 Å². The SMILES string of the molecule is C.C.C.C.C.Cl.[2H]C([2H])(CC(O)c1cccc(S(=O)(=O)CC2CCCCC2)c1)NC(=O)C(F)(F)F.[2H]C([2H])(N)CC(O)c1cccc(S(=O)(=O)CC2CCCCC2)c1.[2H]C([2H])(N)CC(O)c1cccc(SCC2CCCCC2)c1. The molecule has 8 N–H and O–H groups in total. The Balaban J connectivity index is -0.00000107. The van der Waals surface area contributed by atoms with Gasteiger partial charge < -0.3 is 32.1 Å². The van der Waals surface area contributed by atoms with Crippen molar-refractivity contribution >= 4 is 49.8 Å². The zero-order valence-corrected chi connectivity index (χ0v) is 41.8. The Kier molecular flexibility index (Phi) is 32.6. The fourth-order valence-electron chi connectivity index (χ4n) is 8.61. The van der Waals surface area contributed by atoms with Crippen LogP contribution < -0.4 is 16.8 Å². The van der Waals surface area contributed by atoms with Crippen LogP contribution >= 0.6 is 24.2 Å². The predicted molar refractivity (Wildman–Crippen MR) is 301 cm³/mol. The highest BCUT2D eigenvalue weighted by atomic mass is 35.5. The van der Waals surface area contributed by atoms with Gasteiger partial charge in [-0.25, -0.2) is 16.8 Å². The van der Waals surface area contributed by atoms with Crippen molar-refractivity contribution in [3.8, 4) is 0 Å². The smallest absolute Gasteiger partial charge is 0.388 e. The number of sulfone groups is 2. The van der Waals surface area contributed by atoms with E-state index in [-0.39, 0.29) is 101 Å². The van der Waals surface area contributed by atoms with Crippen molar-refractivity contribution in [2.45, 2.75) is 192 Å². The number of aliphatic hydroxyl groups excluding tert-OH is 3. The first kappa shape index (κ1) is 62.8. The maximum absolute atomic E-state index is 12.7. The first-order valence-electron chi connectivity index (χ1n) is 26.3. The number of halogens is 4. The van der Waals surface area contributed by atoms with Crippen LogP contribution in [-0.4, -0.2) is 81.0 Å². The summed E-state index contributed by atoms with van der Waals surface area (Å²) in [6.07, 6.45) is 6.68. The number of aliphatic hydroxyl groups is 3. The molecule has 73 heavy (non-hydrogen) atoms. The van der Waals surface area contributed by atoms with Crippen molar-refractivity contribution in [3.05, 3.63) is 89.5 Å². The Morgan fingerprint density at radius 2 is 0.959 bits per heavy atom. The molecule has 0 bridgehead atoms. The molecule has 3 aliphatic carbocycles. The average molecular weight is 1120 g/mol. The molecule has 18 heteroatoms. The highest BCUT2D eigenvalue weighted by Gasteiger charge is 2.38. The van der Waals surface area contributed by atoms with Crippen molar-refractivity contribution in [2.24, 2.45) is 29.2 Å². The third-order valence-electron chi connectivity index (χ3n) is 12.4. The van der Waals surface area contributed by atoms with Crippen LogP contribution in [0.4, 0.5) is 13.2 Å². The summed E-state index contributed by atoms with van der Waals surface area (Å²) in [5, 5.41) is 31.5. The number of rotatable bonds is 19. The van der Waals surface area contributed by atoms with Crippen molar-refractivity contribution < 1.29 is 58.3 Å². The lowest BCUT2D eigenvalue weighted by Gasteiger charge is -2.21. The van der Waals surface area contributed by atoms with Gasteiger partial charge in [0, 0.05) is 25.4 Å². The van der Waals surface area contributed by atoms with Gasteiger partial charge in [0.25, 0.3) is 0 Å². The molecule has 0 saturated heterocycles. The standard InChI is InChI=1S/C18H24F3NO4S.C16H25NO3S.C16H25NOS.5CH4.ClH/c19-18(20,21)17(24)22-10-9-16(23)14-7-4-8-15(11-14)27(25,26)12-13-5-2-1-3-6-13;17-10-9-16(18)14-7-4-8-15(11-14)21(19,20)12-13-5-2-1-3-6-13;17-10-9-16(18)14-7-4-8-15(11-14)19-12-13-5-2-1-3-6-13;;;;;;/h4,7-8,11,13,16,23H,1-3,5-6,9-10,12H2,(H,22,24);4,7-8,11,13,16,18H,1-3,5-6,9-10,12,17H2;4,7-8,11,13,16,18H,1-3,5-6,9-10,12,17H2;5*1H4;1H/i3*10D2;;;;;;. The van der Waals surface area contributed by atoms with Crippen molar-refractivity contribution in [1.29, 1.82) is 0 Å². The number of carbonyl (C=O) groups is 1. The molecule has 6 rings (SSSR count). The monoisotopic (exact) mass is 1120 g/mol. The molecule has 0 aliphatic heterocycles. The molecule has 0 radical (unpaired) electrons. The summed E-state index contributed by atoms with van der Waals surface area (Å²) in [6.45, 7) is -6.69. The maximum Gasteiger partial charge on any atom is 0.471 e. The number of hydrogen-bond acceptors (Lipinski definition) is 11. The van der Waals surface area contributed by atoms with E-state index in [4.69, 9.17) is 19.7 Å². The highest BCUT2D eigenvalue weighted by molar-refractivity contribution is 7.99. The Bertz CT molecular complexity index is 2420. The van der Waals surface area contributed by atoms with Crippen LogP contribution in [0.15, 0.2) is 87.5 Å². The molecular weight excluding hydrogens is 1020 g/mol. The van der Waals surface area contributed by atoms with E-state index in [1.807, 2.05) is 30.0 Å². The minimum absolute atomic E-state index is 0. The van der Waals surface area contributed by atoms with E-state index >= 15 is 0 Å². The summed E-state index contributed by atoms with van der Waals surface area (Å²) in [5.74, 6) is -0.111. The van der Waals surface area contributed by atoms with Gasteiger partial charge in [0.05, 0.1) is 39.6 Å². The van der Waals surface area contributed by atoms with E-state index in [1.165, 1.54) is 80.2 Å². The van der Waals surface area contributed by atoms with Gasteiger partial charge in [0.15, 0.2) is 19.7 Å². The lowest BCUT2D eigenvalue weighted by molar-refractivity contribution is -0.173. The first-order valence-corrected chi connectivity index (χ1v) is 27.6.